The summed E-state index contributed by atoms with van der Waals surface area (Å²) in [5, 5.41) is 3.84. The second kappa shape index (κ2) is 9.46. The number of amides is 2. The average molecular weight is 345 g/mol. The molecule has 1 aliphatic heterocycles. The van der Waals surface area contributed by atoms with Gasteiger partial charge in [0, 0.05) is 13.1 Å². The van der Waals surface area contributed by atoms with Gasteiger partial charge in [0.05, 0.1) is 13.3 Å². The summed E-state index contributed by atoms with van der Waals surface area (Å²) in [7, 11) is 1.54. The lowest BCUT2D eigenvalue weighted by Gasteiger charge is -2.25. The summed E-state index contributed by atoms with van der Waals surface area (Å²) < 4.78 is 10.7. The van der Waals surface area contributed by atoms with Crippen LogP contribution in [-0.2, 0) is 9.59 Å². The normalized spacial score (nSPS) is 14.2. The minimum Gasteiger partial charge on any atom is -0.493 e. The van der Waals surface area contributed by atoms with Gasteiger partial charge in [-0.05, 0) is 43.0 Å². The number of methoxy groups -OCH3 is 1. The molecule has 1 fully saturated rings. The van der Waals surface area contributed by atoms with Gasteiger partial charge >= 0.3 is 11.8 Å². The topological polar surface area (TPSA) is 80.2 Å². The summed E-state index contributed by atoms with van der Waals surface area (Å²) in [6, 6.07) is 5.23. The number of benzene rings is 1. The molecule has 1 aromatic carbocycles. The molecule has 25 heavy (non-hydrogen) atoms. The first-order valence-corrected chi connectivity index (χ1v) is 8.19. The van der Waals surface area contributed by atoms with E-state index < -0.39 is 11.8 Å². The molecule has 1 aliphatic rings. The quantitative estimate of drug-likeness (QED) is 0.368. The standard InChI is InChI=1S/C18H23N3O4/c1-3-11-25-15-8-7-14(12-16(15)24-2)13-19-20-17(22)18(23)21-9-5-4-6-10-21/h3,7-8,12-13H,1,4-6,9-11H2,2H3,(H,20,22). The Kier molecular flexibility index (Phi) is 7.00. The van der Waals surface area contributed by atoms with E-state index in [1.54, 1.807) is 29.2 Å². The summed E-state index contributed by atoms with van der Waals surface area (Å²) >= 11 is 0. The van der Waals surface area contributed by atoms with Gasteiger partial charge in [0.25, 0.3) is 0 Å². The van der Waals surface area contributed by atoms with E-state index in [1.807, 2.05) is 0 Å². The highest BCUT2D eigenvalue weighted by atomic mass is 16.5. The lowest BCUT2D eigenvalue weighted by Crippen LogP contribution is -2.43. The molecule has 0 aliphatic carbocycles. The molecule has 1 heterocycles. The zero-order valence-electron chi connectivity index (χ0n) is 14.4. The van der Waals surface area contributed by atoms with Crippen molar-refractivity contribution < 1.29 is 19.1 Å². The lowest BCUT2D eigenvalue weighted by atomic mass is 10.1. The molecule has 0 radical (unpaired) electrons. The van der Waals surface area contributed by atoms with E-state index >= 15 is 0 Å². The number of nitrogens with zero attached hydrogens (tertiary/aromatic N) is 2. The van der Waals surface area contributed by atoms with Crippen LogP contribution in [0, 0.1) is 0 Å². The molecule has 0 saturated carbocycles. The van der Waals surface area contributed by atoms with Gasteiger partial charge in [-0.25, -0.2) is 5.43 Å². The van der Waals surface area contributed by atoms with Crippen molar-refractivity contribution in [3.05, 3.63) is 36.4 Å². The highest BCUT2D eigenvalue weighted by Gasteiger charge is 2.22. The molecule has 0 aromatic heterocycles. The second-order valence-corrected chi connectivity index (χ2v) is 5.56. The molecule has 0 unspecified atom stereocenters. The van der Waals surface area contributed by atoms with E-state index in [4.69, 9.17) is 9.47 Å². The van der Waals surface area contributed by atoms with Crippen molar-refractivity contribution >= 4 is 18.0 Å². The number of piperidine rings is 1. The molecule has 1 saturated heterocycles. The van der Waals surface area contributed by atoms with Gasteiger partial charge in [-0.2, -0.15) is 5.10 Å². The van der Waals surface area contributed by atoms with Crippen LogP contribution in [0.2, 0.25) is 0 Å². The first-order chi connectivity index (χ1) is 12.2. The van der Waals surface area contributed by atoms with Gasteiger partial charge in [-0.1, -0.05) is 12.7 Å². The predicted molar refractivity (Wildman–Crippen MR) is 94.9 cm³/mol. The Hall–Kier alpha value is -2.83. The maximum Gasteiger partial charge on any atom is 0.329 e. The molecule has 1 aromatic rings. The number of rotatable bonds is 6. The first-order valence-electron chi connectivity index (χ1n) is 8.19. The Bertz CT molecular complexity index is 652. The molecule has 2 amide bonds. The maximum atomic E-state index is 12.0. The van der Waals surface area contributed by atoms with Gasteiger partial charge in [-0.15, -0.1) is 0 Å². The van der Waals surface area contributed by atoms with Gasteiger partial charge in [-0.3, -0.25) is 9.59 Å². The Labute approximate surface area is 147 Å². The summed E-state index contributed by atoms with van der Waals surface area (Å²) in [5.41, 5.74) is 2.97. The Balaban J connectivity index is 1.93. The minimum atomic E-state index is -0.726. The number of ether oxygens (including phenoxy) is 2. The zero-order valence-corrected chi connectivity index (χ0v) is 14.4. The molecular weight excluding hydrogens is 322 g/mol. The number of likely N-dealkylation sites (tertiary alicyclic amines) is 1. The van der Waals surface area contributed by atoms with Crippen LogP contribution in [-0.4, -0.2) is 49.7 Å². The summed E-state index contributed by atoms with van der Waals surface area (Å²) in [6.45, 7) is 5.22. The first kappa shape index (κ1) is 18.5. The SMILES string of the molecule is C=CCOc1ccc(C=NNC(=O)C(=O)N2CCCCC2)cc1OC. The molecule has 7 nitrogen and oxygen atoms in total. The third-order valence-electron chi connectivity index (χ3n) is 3.76. The van der Waals surface area contributed by atoms with E-state index in [0.717, 1.165) is 19.3 Å². The fraction of sp³-hybridized carbons (Fsp3) is 0.389. The smallest absolute Gasteiger partial charge is 0.329 e. The van der Waals surface area contributed by atoms with Crippen LogP contribution in [0.25, 0.3) is 0 Å². The van der Waals surface area contributed by atoms with E-state index in [1.165, 1.54) is 13.3 Å². The average Bonchev–Trinajstić information content (AvgIpc) is 2.66. The second-order valence-electron chi connectivity index (χ2n) is 5.56. The summed E-state index contributed by atoms with van der Waals surface area (Å²) in [4.78, 5) is 25.4. The predicted octanol–water partition coefficient (Wildman–Crippen LogP) is 1.72. The highest BCUT2D eigenvalue weighted by molar-refractivity contribution is 6.35. The van der Waals surface area contributed by atoms with Crippen LogP contribution in [0.1, 0.15) is 24.8 Å². The number of hydrogen-bond acceptors (Lipinski definition) is 5. The molecular formula is C18H23N3O4. The molecule has 1 N–H and O–H groups in total. The fourth-order valence-electron chi connectivity index (χ4n) is 2.49. The third kappa shape index (κ3) is 5.34. The van der Waals surface area contributed by atoms with Crippen LogP contribution >= 0.6 is 0 Å². The van der Waals surface area contributed by atoms with Crippen LogP contribution in [0.15, 0.2) is 36.0 Å². The van der Waals surface area contributed by atoms with Gasteiger partial charge < -0.3 is 14.4 Å². The molecule has 0 bridgehead atoms. The highest BCUT2D eigenvalue weighted by Crippen LogP contribution is 2.27. The number of nitrogens with one attached hydrogen (secondary N) is 1. The van der Waals surface area contributed by atoms with E-state index in [9.17, 15) is 9.59 Å². The minimum absolute atomic E-state index is 0.373. The molecule has 7 heteroatoms. The van der Waals surface area contributed by atoms with Gasteiger partial charge in [0.1, 0.15) is 6.61 Å². The Morgan fingerprint density at radius 2 is 2.04 bits per heavy atom. The maximum absolute atomic E-state index is 12.0. The van der Waals surface area contributed by atoms with E-state index in [2.05, 4.69) is 17.1 Å². The molecule has 0 spiro atoms. The van der Waals surface area contributed by atoms with Gasteiger partial charge in [0.2, 0.25) is 0 Å². The zero-order chi connectivity index (χ0) is 18.1. The van der Waals surface area contributed by atoms with Crippen LogP contribution in [0.3, 0.4) is 0 Å². The molecule has 134 valence electrons. The van der Waals surface area contributed by atoms with Crippen molar-refractivity contribution in [1.82, 2.24) is 10.3 Å². The molecule has 0 atom stereocenters. The van der Waals surface area contributed by atoms with Crippen LogP contribution < -0.4 is 14.9 Å². The van der Waals surface area contributed by atoms with Crippen molar-refractivity contribution in [2.24, 2.45) is 5.10 Å². The Morgan fingerprint density at radius 3 is 2.72 bits per heavy atom. The third-order valence-corrected chi connectivity index (χ3v) is 3.76. The summed E-state index contributed by atoms with van der Waals surface area (Å²) in [5.74, 6) is -0.135. The lowest BCUT2D eigenvalue weighted by molar-refractivity contribution is -0.146. The number of hydrazone groups is 1. The van der Waals surface area contributed by atoms with Gasteiger partial charge in [0.15, 0.2) is 11.5 Å². The molecule has 2 rings (SSSR count). The summed E-state index contributed by atoms with van der Waals surface area (Å²) in [6.07, 6.45) is 6.05. The van der Waals surface area contributed by atoms with E-state index in [0.29, 0.717) is 36.8 Å². The van der Waals surface area contributed by atoms with Crippen LogP contribution in [0.5, 0.6) is 11.5 Å². The number of carbonyl (C=O) groups is 2. The monoisotopic (exact) mass is 345 g/mol. The Morgan fingerprint density at radius 1 is 1.28 bits per heavy atom. The van der Waals surface area contributed by atoms with Crippen LogP contribution in [0.4, 0.5) is 0 Å². The van der Waals surface area contributed by atoms with Crippen molar-refractivity contribution in [3.8, 4) is 11.5 Å². The van der Waals surface area contributed by atoms with Crippen molar-refractivity contribution in [3.63, 3.8) is 0 Å². The largest absolute Gasteiger partial charge is 0.493 e. The van der Waals surface area contributed by atoms with Crippen molar-refractivity contribution in [1.29, 1.82) is 0 Å². The van der Waals surface area contributed by atoms with Crippen molar-refractivity contribution in [2.75, 3.05) is 26.8 Å². The number of hydrogen-bond donors (Lipinski definition) is 1. The number of carbonyl (C=O) groups excluding carboxylic acids is 2. The van der Waals surface area contributed by atoms with E-state index in [-0.39, 0.29) is 0 Å². The van der Waals surface area contributed by atoms with Crippen molar-refractivity contribution in [2.45, 2.75) is 19.3 Å². The fourth-order valence-corrected chi connectivity index (χ4v) is 2.49.